The molecule has 0 aliphatic heterocycles. The molecule has 0 aliphatic rings. The third-order valence-electron chi connectivity index (χ3n) is 2.37. The van der Waals surface area contributed by atoms with Gasteiger partial charge in [0, 0.05) is 19.0 Å². The van der Waals surface area contributed by atoms with E-state index in [0.717, 1.165) is 0 Å². The standard InChI is InChI=1S/C11H18N4O4/c1-7(2)15(6-10(16)17)11(18)12-5-4-9-13-8(3)14-19-9/h7H,4-6H2,1-3H3,(H,12,18)(H,16,17). The quantitative estimate of drug-likeness (QED) is 0.775. The summed E-state index contributed by atoms with van der Waals surface area (Å²) in [5.41, 5.74) is 0. The zero-order valence-electron chi connectivity index (χ0n) is 11.2. The van der Waals surface area contributed by atoms with Crippen molar-refractivity contribution >= 4 is 12.0 Å². The van der Waals surface area contributed by atoms with Crippen molar-refractivity contribution in [1.82, 2.24) is 20.4 Å². The van der Waals surface area contributed by atoms with Gasteiger partial charge in [-0.05, 0) is 20.8 Å². The van der Waals surface area contributed by atoms with E-state index in [1.54, 1.807) is 20.8 Å². The SMILES string of the molecule is Cc1noc(CCNC(=O)N(CC(=O)O)C(C)C)n1. The van der Waals surface area contributed by atoms with Gasteiger partial charge in [-0.2, -0.15) is 4.98 Å². The van der Waals surface area contributed by atoms with Crippen molar-refractivity contribution in [2.24, 2.45) is 0 Å². The summed E-state index contributed by atoms with van der Waals surface area (Å²) < 4.78 is 4.90. The van der Waals surface area contributed by atoms with E-state index in [2.05, 4.69) is 15.5 Å². The van der Waals surface area contributed by atoms with Crippen LogP contribution in [0, 0.1) is 6.92 Å². The Bertz CT molecular complexity index is 444. The summed E-state index contributed by atoms with van der Waals surface area (Å²) in [5.74, 6) is -0.0699. The number of hydrogen-bond acceptors (Lipinski definition) is 5. The van der Waals surface area contributed by atoms with Gasteiger partial charge >= 0.3 is 12.0 Å². The molecule has 1 rings (SSSR count). The van der Waals surface area contributed by atoms with Crippen LogP contribution in [0.5, 0.6) is 0 Å². The van der Waals surface area contributed by atoms with Crippen molar-refractivity contribution < 1.29 is 19.2 Å². The van der Waals surface area contributed by atoms with E-state index in [4.69, 9.17) is 9.63 Å². The molecule has 0 aromatic carbocycles. The third-order valence-corrected chi connectivity index (χ3v) is 2.37. The first kappa shape index (κ1) is 14.9. The minimum Gasteiger partial charge on any atom is -0.480 e. The van der Waals surface area contributed by atoms with Crippen LogP contribution in [-0.2, 0) is 11.2 Å². The molecule has 0 radical (unpaired) electrons. The normalized spacial score (nSPS) is 10.5. The molecule has 0 saturated carbocycles. The van der Waals surface area contributed by atoms with Crippen molar-refractivity contribution in [3.8, 4) is 0 Å². The number of rotatable bonds is 6. The number of amides is 2. The van der Waals surface area contributed by atoms with Gasteiger partial charge in [0.15, 0.2) is 5.82 Å². The maximum Gasteiger partial charge on any atom is 0.323 e. The van der Waals surface area contributed by atoms with E-state index in [9.17, 15) is 9.59 Å². The fourth-order valence-corrected chi connectivity index (χ4v) is 1.45. The number of carbonyl (C=O) groups is 2. The van der Waals surface area contributed by atoms with Gasteiger partial charge in [-0.3, -0.25) is 4.79 Å². The summed E-state index contributed by atoms with van der Waals surface area (Å²) in [6, 6.07) is -0.615. The van der Waals surface area contributed by atoms with E-state index in [0.29, 0.717) is 24.7 Å². The molecule has 8 nitrogen and oxygen atoms in total. The van der Waals surface area contributed by atoms with Crippen molar-refractivity contribution in [1.29, 1.82) is 0 Å². The predicted molar refractivity (Wildman–Crippen MR) is 65.6 cm³/mol. The van der Waals surface area contributed by atoms with Crippen LogP contribution in [0.2, 0.25) is 0 Å². The number of carboxylic acids is 1. The van der Waals surface area contributed by atoms with Gasteiger partial charge in [0.1, 0.15) is 6.54 Å². The Hall–Kier alpha value is -2.12. The predicted octanol–water partition coefficient (Wildman–Crippen LogP) is 0.425. The lowest BCUT2D eigenvalue weighted by Crippen LogP contribution is -2.46. The van der Waals surface area contributed by atoms with Crippen LogP contribution in [0.4, 0.5) is 4.79 Å². The molecule has 106 valence electrons. The topological polar surface area (TPSA) is 109 Å². The highest BCUT2D eigenvalue weighted by Crippen LogP contribution is 1.99. The van der Waals surface area contributed by atoms with Crippen LogP contribution in [0.3, 0.4) is 0 Å². The van der Waals surface area contributed by atoms with Gasteiger partial charge in [0.05, 0.1) is 0 Å². The van der Waals surface area contributed by atoms with E-state index in [1.807, 2.05) is 0 Å². The Morgan fingerprint density at radius 3 is 2.63 bits per heavy atom. The fourth-order valence-electron chi connectivity index (χ4n) is 1.45. The largest absolute Gasteiger partial charge is 0.480 e. The van der Waals surface area contributed by atoms with Gasteiger partial charge in [-0.15, -0.1) is 0 Å². The molecule has 1 aromatic rings. The third kappa shape index (κ3) is 4.94. The molecule has 8 heteroatoms. The lowest BCUT2D eigenvalue weighted by molar-refractivity contribution is -0.138. The molecule has 1 heterocycles. The fraction of sp³-hybridized carbons (Fsp3) is 0.636. The molecule has 2 amide bonds. The Morgan fingerprint density at radius 1 is 1.47 bits per heavy atom. The highest BCUT2D eigenvalue weighted by Gasteiger charge is 2.19. The molecule has 0 bridgehead atoms. The minimum absolute atomic E-state index is 0.193. The highest BCUT2D eigenvalue weighted by atomic mass is 16.5. The zero-order chi connectivity index (χ0) is 14.4. The van der Waals surface area contributed by atoms with E-state index in [1.165, 1.54) is 4.90 Å². The summed E-state index contributed by atoms with van der Waals surface area (Å²) in [7, 11) is 0. The lowest BCUT2D eigenvalue weighted by atomic mass is 10.3. The zero-order valence-corrected chi connectivity index (χ0v) is 11.2. The number of nitrogens with zero attached hydrogens (tertiary/aromatic N) is 3. The van der Waals surface area contributed by atoms with Crippen molar-refractivity contribution in [3.63, 3.8) is 0 Å². The lowest BCUT2D eigenvalue weighted by Gasteiger charge is -2.24. The van der Waals surface area contributed by atoms with Gasteiger partial charge in [0.2, 0.25) is 5.89 Å². The van der Waals surface area contributed by atoms with Crippen molar-refractivity contribution in [2.75, 3.05) is 13.1 Å². The molecule has 0 saturated heterocycles. The molecule has 0 fully saturated rings. The van der Waals surface area contributed by atoms with Crippen LogP contribution in [-0.4, -0.2) is 51.3 Å². The Morgan fingerprint density at radius 2 is 2.16 bits per heavy atom. The van der Waals surface area contributed by atoms with Crippen LogP contribution in [0.25, 0.3) is 0 Å². The van der Waals surface area contributed by atoms with E-state index in [-0.39, 0.29) is 12.6 Å². The molecular weight excluding hydrogens is 252 g/mol. The average Bonchev–Trinajstić information content (AvgIpc) is 2.71. The maximum absolute atomic E-state index is 11.8. The Kier molecular flexibility index (Phi) is 5.28. The summed E-state index contributed by atoms with van der Waals surface area (Å²) in [6.45, 7) is 5.19. The van der Waals surface area contributed by atoms with Crippen LogP contribution in [0.15, 0.2) is 4.52 Å². The van der Waals surface area contributed by atoms with Gasteiger partial charge < -0.3 is 19.8 Å². The van der Waals surface area contributed by atoms with E-state index < -0.39 is 12.0 Å². The highest BCUT2D eigenvalue weighted by molar-refractivity contribution is 5.80. The van der Waals surface area contributed by atoms with Gasteiger partial charge in [-0.1, -0.05) is 5.16 Å². The number of aliphatic carboxylic acids is 1. The molecule has 2 N–H and O–H groups in total. The summed E-state index contributed by atoms with van der Waals surface area (Å²) in [6.07, 6.45) is 0.408. The maximum atomic E-state index is 11.8. The molecule has 0 spiro atoms. The van der Waals surface area contributed by atoms with E-state index >= 15 is 0 Å². The number of urea groups is 1. The average molecular weight is 270 g/mol. The molecular formula is C11H18N4O4. The second-order valence-electron chi connectivity index (χ2n) is 4.33. The molecule has 0 unspecified atom stereocenters. The van der Waals surface area contributed by atoms with Crippen LogP contribution < -0.4 is 5.32 Å². The number of aryl methyl sites for hydroxylation is 1. The van der Waals surface area contributed by atoms with Crippen molar-refractivity contribution in [3.05, 3.63) is 11.7 Å². The molecule has 1 aromatic heterocycles. The molecule has 0 atom stereocenters. The second kappa shape index (κ2) is 6.72. The van der Waals surface area contributed by atoms with Crippen LogP contribution >= 0.6 is 0 Å². The summed E-state index contributed by atoms with van der Waals surface area (Å²) in [5, 5.41) is 15.0. The first-order valence-corrected chi connectivity index (χ1v) is 5.95. The number of carboxylic acid groups (broad SMARTS) is 1. The Labute approximate surface area is 110 Å². The summed E-state index contributed by atoms with van der Waals surface area (Å²) in [4.78, 5) is 27.7. The Balaban J connectivity index is 2.42. The molecule has 19 heavy (non-hydrogen) atoms. The van der Waals surface area contributed by atoms with Gasteiger partial charge in [-0.25, -0.2) is 4.79 Å². The minimum atomic E-state index is -1.05. The summed E-state index contributed by atoms with van der Waals surface area (Å²) >= 11 is 0. The smallest absolute Gasteiger partial charge is 0.323 e. The monoisotopic (exact) mass is 270 g/mol. The first-order valence-electron chi connectivity index (χ1n) is 5.95. The molecule has 0 aliphatic carbocycles. The number of carbonyl (C=O) groups excluding carboxylic acids is 1. The number of nitrogens with one attached hydrogen (secondary N) is 1. The van der Waals surface area contributed by atoms with Crippen LogP contribution in [0.1, 0.15) is 25.6 Å². The van der Waals surface area contributed by atoms with Gasteiger partial charge in [0.25, 0.3) is 0 Å². The second-order valence-corrected chi connectivity index (χ2v) is 4.33. The first-order chi connectivity index (χ1) is 8.90. The number of aromatic nitrogens is 2. The van der Waals surface area contributed by atoms with Crippen molar-refractivity contribution in [2.45, 2.75) is 33.2 Å². The number of hydrogen-bond donors (Lipinski definition) is 2.